The van der Waals surface area contributed by atoms with Crippen molar-refractivity contribution in [2.75, 3.05) is 11.4 Å². The van der Waals surface area contributed by atoms with Gasteiger partial charge in [0.2, 0.25) is 0 Å². The number of primary amides is 1. The van der Waals surface area contributed by atoms with Gasteiger partial charge in [-0.3, -0.25) is 9.78 Å². The van der Waals surface area contributed by atoms with Crippen LogP contribution in [0, 0.1) is 0 Å². The molecule has 0 bridgehead atoms. The number of carbonyl (C=O) groups excluding carboxylic acids is 1. The molecule has 0 unspecified atom stereocenters. The number of carbonyl (C=O) groups is 1. The summed E-state index contributed by atoms with van der Waals surface area (Å²) in [6, 6.07) is 10.5. The number of hydrogen-bond acceptors (Lipinski definition) is 5. The van der Waals surface area contributed by atoms with Crippen molar-refractivity contribution in [3.63, 3.8) is 0 Å². The number of amides is 1. The van der Waals surface area contributed by atoms with E-state index in [0.29, 0.717) is 12.6 Å². The van der Waals surface area contributed by atoms with Crippen molar-refractivity contribution in [2.24, 2.45) is 5.73 Å². The molecule has 0 spiro atoms. The topological polar surface area (TPSA) is 89.9 Å². The summed E-state index contributed by atoms with van der Waals surface area (Å²) in [5.74, 6) is -0.551. The fourth-order valence-electron chi connectivity index (χ4n) is 3.39. The van der Waals surface area contributed by atoms with Gasteiger partial charge in [-0.05, 0) is 25.0 Å². The van der Waals surface area contributed by atoms with Crippen LogP contribution < -0.4 is 10.6 Å². The molecule has 2 N–H and O–H groups in total. The van der Waals surface area contributed by atoms with Crippen LogP contribution in [0.5, 0.6) is 0 Å². The monoisotopic (exact) mass is 322 g/mol. The molecule has 1 aliphatic heterocycles. The van der Waals surface area contributed by atoms with Crippen molar-refractivity contribution in [3.8, 4) is 0 Å². The number of nitrogens with zero attached hydrogens (tertiary/aromatic N) is 5. The fraction of sp³-hybridized carbons (Fsp3) is 0.294. The third-order valence-corrected chi connectivity index (χ3v) is 4.50. The van der Waals surface area contributed by atoms with E-state index in [1.165, 1.54) is 5.69 Å². The molecule has 3 heterocycles. The Morgan fingerprint density at radius 3 is 3.00 bits per heavy atom. The lowest BCUT2D eigenvalue weighted by Crippen LogP contribution is -2.33. The minimum absolute atomic E-state index is 0.203. The van der Waals surface area contributed by atoms with E-state index in [4.69, 9.17) is 5.73 Å². The Hall–Kier alpha value is -2.96. The maximum Gasteiger partial charge on any atom is 0.270 e. The molecule has 0 aliphatic carbocycles. The van der Waals surface area contributed by atoms with Crippen LogP contribution in [0.25, 0.3) is 10.9 Å². The minimum atomic E-state index is -0.551. The van der Waals surface area contributed by atoms with Gasteiger partial charge in [0.15, 0.2) is 5.69 Å². The van der Waals surface area contributed by atoms with Crippen molar-refractivity contribution in [3.05, 3.63) is 48.4 Å². The number of rotatable bonds is 4. The van der Waals surface area contributed by atoms with Crippen LogP contribution in [0.1, 0.15) is 23.3 Å². The molecule has 4 rings (SSSR count). The van der Waals surface area contributed by atoms with Gasteiger partial charge in [-0.25, -0.2) is 4.68 Å². The fourth-order valence-corrected chi connectivity index (χ4v) is 3.39. The van der Waals surface area contributed by atoms with Crippen LogP contribution in [0.4, 0.5) is 5.69 Å². The van der Waals surface area contributed by atoms with Crippen molar-refractivity contribution >= 4 is 22.5 Å². The molecular formula is C17H18N6O. The highest BCUT2D eigenvalue weighted by Crippen LogP contribution is 2.31. The number of nitrogens with two attached hydrogens (primary N) is 1. The third kappa shape index (κ3) is 2.58. The van der Waals surface area contributed by atoms with Crippen LogP contribution in [0.15, 0.2) is 42.7 Å². The zero-order valence-corrected chi connectivity index (χ0v) is 13.2. The van der Waals surface area contributed by atoms with E-state index in [2.05, 4.69) is 32.3 Å². The highest BCUT2D eigenvalue weighted by Gasteiger charge is 2.27. The molecule has 7 nitrogen and oxygen atoms in total. The second-order valence-electron chi connectivity index (χ2n) is 6.03. The third-order valence-electron chi connectivity index (χ3n) is 4.50. The van der Waals surface area contributed by atoms with E-state index in [1.54, 1.807) is 10.9 Å². The van der Waals surface area contributed by atoms with Gasteiger partial charge in [-0.2, -0.15) is 0 Å². The normalized spacial score (nSPS) is 17.5. The Balaban J connectivity index is 1.63. The maximum absolute atomic E-state index is 11.2. The Morgan fingerprint density at radius 1 is 1.29 bits per heavy atom. The number of anilines is 1. The molecule has 122 valence electrons. The van der Waals surface area contributed by atoms with Crippen LogP contribution in [-0.4, -0.2) is 38.5 Å². The highest BCUT2D eigenvalue weighted by molar-refractivity contribution is 5.91. The molecule has 3 aromatic rings. The van der Waals surface area contributed by atoms with Gasteiger partial charge in [0, 0.05) is 29.9 Å². The first-order valence-electron chi connectivity index (χ1n) is 8.03. The quantitative estimate of drug-likeness (QED) is 0.788. The molecule has 24 heavy (non-hydrogen) atoms. The first-order chi connectivity index (χ1) is 11.7. The number of aromatic nitrogens is 4. The Morgan fingerprint density at radius 2 is 2.17 bits per heavy atom. The summed E-state index contributed by atoms with van der Waals surface area (Å²) in [5.41, 5.74) is 7.64. The standard InChI is InChI=1S/C17H18N6O/c18-17(24)15-11-22(21-20-15)10-12-4-3-9-23(12)16-7-8-19-14-6-2-1-5-13(14)16/h1-2,5-8,11-12H,3-4,9-10H2,(H2,18,24)/t12-/m1/s1. The molecule has 1 amide bonds. The summed E-state index contributed by atoms with van der Waals surface area (Å²) in [5, 5.41) is 8.99. The number of hydrogen-bond donors (Lipinski definition) is 1. The molecule has 0 radical (unpaired) electrons. The van der Waals surface area contributed by atoms with Gasteiger partial charge < -0.3 is 10.6 Å². The van der Waals surface area contributed by atoms with E-state index >= 15 is 0 Å². The largest absolute Gasteiger partial charge is 0.366 e. The maximum atomic E-state index is 11.2. The summed E-state index contributed by atoms with van der Waals surface area (Å²) in [7, 11) is 0. The zero-order chi connectivity index (χ0) is 16.5. The average Bonchev–Trinajstić information content (AvgIpc) is 3.24. The van der Waals surface area contributed by atoms with E-state index in [-0.39, 0.29) is 5.69 Å². The van der Waals surface area contributed by atoms with E-state index in [1.807, 2.05) is 24.4 Å². The number of benzene rings is 1. The summed E-state index contributed by atoms with van der Waals surface area (Å²) < 4.78 is 1.70. The molecule has 2 aromatic heterocycles. The van der Waals surface area contributed by atoms with E-state index in [0.717, 1.165) is 30.3 Å². The molecule has 7 heteroatoms. The highest BCUT2D eigenvalue weighted by atomic mass is 16.1. The van der Waals surface area contributed by atoms with Crippen molar-refractivity contribution < 1.29 is 4.79 Å². The second kappa shape index (κ2) is 5.92. The number of fused-ring (bicyclic) bond motifs is 1. The predicted octanol–water partition coefficient (Wildman–Crippen LogP) is 1.59. The van der Waals surface area contributed by atoms with Gasteiger partial charge >= 0.3 is 0 Å². The zero-order valence-electron chi connectivity index (χ0n) is 13.2. The Bertz CT molecular complexity index is 884. The van der Waals surface area contributed by atoms with Gasteiger partial charge in [-0.1, -0.05) is 23.4 Å². The first-order valence-corrected chi connectivity index (χ1v) is 8.03. The molecule has 0 saturated carbocycles. The Labute approximate surface area is 139 Å². The number of pyridine rings is 1. The number of para-hydroxylation sites is 1. The van der Waals surface area contributed by atoms with Gasteiger partial charge in [-0.15, -0.1) is 5.10 Å². The van der Waals surface area contributed by atoms with E-state index < -0.39 is 5.91 Å². The molecule has 1 fully saturated rings. The predicted molar refractivity (Wildman–Crippen MR) is 90.7 cm³/mol. The Kier molecular flexibility index (Phi) is 3.60. The van der Waals surface area contributed by atoms with E-state index in [9.17, 15) is 4.79 Å². The molecular weight excluding hydrogens is 304 g/mol. The smallest absolute Gasteiger partial charge is 0.270 e. The van der Waals surface area contributed by atoms with Gasteiger partial charge in [0.1, 0.15) is 0 Å². The molecule has 1 aliphatic rings. The average molecular weight is 322 g/mol. The molecule has 1 aromatic carbocycles. The lowest BCUT2D eigenvalue weighted by Gasteiger charge is -2.27. The lowest BCUT2D eigenvalue weighted by molar-refractivity contribution is 0.0995. The van der Waals surface area contributed by atoms with Crippen LogP contribution >= 0.6 is 0 Å². The molecule has 1 atom stereocenters. The summed E-state index contributed by atoms with van der Waals surface area (Å²) >= 11 is 0. The first kappa shape index (κ1) is 14.6. The summed E-state index contributed by atoms with van der Waals surface area (Å²) in [4.78, 5) is 18.0. The van der Waals surface area contributed by atoms with Crippen LogP contribution in [0.2, 0.25) is 0 Å². The van der Waals surface area contributed by atoms with Gasteiger partial charge in [0.05, 0.1) is 18.3 Å². The van der Waals surface area contributed by atoms with Crippen LogP contribution in [0.3, 0.4) is 0 Å². The SMILES string of the molecule is NC(=O)c1cn(C[C@H]2CCCN2c2ccnc3ccccc23)nn1. The van der Waals surface area contributed by atoms with Crippen LogP contribution in [-0.2, 0) is 6.54 Å². The van der Waals surface area contributed by atoms with Crippen molar-refractivity contribution in [2.45, 2.75) is 25.4 Å². The summed E-state index contributed by atoms with van der Waals surface area (Å²) in [6.45, 7) is 1.67. The van der Waals surface area contributed by atoms with Crippen molar-refractivity contribution in [1.82, 2.24) is 20.0 Å². The lowest BCUT2D eigenvalue weighted by atomic mass is 10.1. The molecule has 1 saturated heterocycles. The second-order valence-corrected chi connectivity index (χ2v) is 6.03. The summed E-state index contributed by atoms with van der Waals surface area (Å²) in [6.07, 6.45) is 5.66. The van der Waals surface area contributed by atoms with Crippen molar-refractivity contribution in [1.29, 1.82) is 0 Å². The van der Waals surface area contributed by atoms with Gasteiger partial charge in [0.25, 0.3) is 5.91 Å². The minimum Gasteiger partial charge on any atom is -0.366 e.